The minimum atomic E-state index is -3.51. The van der Waals surface area contributed by atoms with Crippen LogP contribution in [0.3, 0.4) is 0 Å². The summed E-state index contributed by atoms with van der Waals surface area (Å²) in [6.45, 7) is 3.94. The summed E-state index contributed by atoms with van der Waals surface area (Å²) in [4.78, 5) is 14.4. The normalized spacial score (nSPS) is 11.7. The monoisotopic (exact) mass is 292 g/mol. The molecule has 0 spiro atoms. The summed E-state index contributed by atoms with van der Waals surface area (Å²) in [7, 11) is -3.51. The molecule has 0 aliphatic rings. The molecule has 0 amide bonds. The summed E-state index contributed by atoms with van der Waals surface area (Å²) in [6.07, 6.45) is -0.0664. The van der Waals surface area contributed by atoms with Crippen LogP contribution in [0.1, 0.15) is 38.3 Å². The lowest BCUT2D eigenvalue weighted by Gasteiger charge is -2.04. The first-order chi connectivity index (χ1) is 8.30. The third kappa shape index (κ3) is 5.01. The Morgan fingerprint density at radius 3 is 2.72 bits per heavy atom. The van der Waals surface area contributed by atoms with Gasteiger partial charge in [-0.3, -0.25) is 9.52 Å². The van der Waals surface area contributed by atoms with E-state index in [0.717, 1.165) is 5.69 Å². The molecule has 0 aliphatic heterocycles. The lowest BCUT2D eigenvalue weighted by molar-refractivity contribution is -0.137. The van der Waals surface area contributed by atoms with Gasteiger partial charge in [-0.05, 0) is 12.3 Å². The number of hydrogen-bond donors (Lipinski definition) is 2. The van der Waals surface area contributed by atoms with Gasteiger partial charge < -0.3 is 5.11 Å². The van der Waals surface area contributed by atoms with Crippen LogP contribution in [0, 0.1) is 0 Å². The van der Waals surface area contributed by atoms with E-state index in [0.29, 0.717) is 5.13 Å². The van der Waals surface area contributed by atoms with Crippen molar-refractivity contribution < 1.29 is 18.3 Å². The van der Waals surface area contributed by atoms with E-state index in [2.05, 4.69) is 9.71 Å². The lowest BCUT2D eigenvalue weighted by atomic mass is 10.2. The van der Waals surface area contributed by atoms with Crippen LogP contribution in [-0.2, 0) is 14.8 Å². The van der Waals surface area contributed by atoms with Crippen molar-refractivity contribution in [3.05, 3.63) is 11.1 Å². The minimum absolute atomic E-state index is 0.0904. The van der Waals surface area contributed by atoms with E-state index >= 15 is 0 Å². The molecule has 0 atom stereocenters. The number of carbonyl (C=O) groups is 1. The smallest absolute Gasteiger partial charge is 0.303 e. The number of carboxylic acid groups (broad SMARTS) is 1. The molecule has 0 bridgehead atoms. The maximum atomic E-state index is 11.6. The Kier molecular flexibility index (Phi) is 5.09. The highest BCUT2D eigenvalue weighted by Crippen LogP contribution is 2.22. The number of nitrogens with zero attached hydrogens (tertiary/aromatic N) is 1. The largest absolute Gasteiger partial charge is 0.481 e. The summed E-state index contributed by atoms with van der Waals surface area (Å²) >= 11 is 1.23. The molecule has 1 aromatic heterocycles. The maximum absolute atomic E-state index is 11.6. The molecule has 0 radical (unpaired) electrons. The van der Waals surface area contributed by atoms with Crippen LogP contribution in [0.15, 0.2) is 5.38 Å². The zero-order chi connectivity index (χ0) is 13.8. The molecular formula is C10H16N2O4S2. The molecule has 102 valence electrons. The van der Waals surface area contributed by atoms with Crippen LogP contribution in [-0.4, -0.2) is 30.2 Å². The first-order valence-electron chi connectivity index (χ1n) is 5.48. The standard InChI is InChI=1S/C10H16N2O4S2/c1-7(2)8-6-17-10(11-8)12-18(15,16)5-3-4-9(13)14/h6-7H,3-5H2,1-2H3,(H,11,12)(H,13,14). The molecule has 0 fully saturated rings. The molecule has 18 heavy (non-hydrogen) atoms. The Bertz CT molecular complexity index is 508. The third-order valence-electron chi connectivity index (χ3n) is 2.16. The molecule has 1 heterocycles. The predicted molar refractivity (Wildman–Crippen MR) is 70.5 cm³/mol. The highest BCUT2D eigenvalue weighted by molar-refractivity contribution is 7.92. The molecule has 0 unspecified atom stereocenters. The number of thiazole rings is 1. The van der Waals surface area contributed by atoms with Gasteiger partial charge in [-0.15, -0.1) is 11.3 Å². The van der Waals surface area contributed by atoms with Gasteiger partial charge in [0.05, 0.1) is 11.4 Å². The van der Waals surface area contributed by atoms with Gasteiger partial charge in [-0.2, -0.15) is 0 Å². The Morgan fingerprint density at radius 2 is 2.22 bits per heavy atom. The van der Waals surface area contributed by atoms with Gasteiger partial charge in [-0.1, -0.05) is 13.8 Å². The number of aliphatic carboxylic acids is 1. The summed E-state index contributed by atoms with van der Waals surface area (Å²) in [5, 5.41) is 10.6. The SMILES string of the molecule is CC(C)c1csc(NS(=O)(=O)CCCC(=O)O)n1. The van der Waals surface area contributed by atoms with E-state index < -0.39 is 16.0 Å². The number of carboxylic acids is 1. The number of nitrogens with one attached hydrogen (secondary N) is 1. The Balaban J connectivity index is 2.56. The van der Waals surface area contributed by atoms with E-state index in [-0.39, 0.29) is 24.5 Å². The molecule has 6 nitrogen and oxygen atoms in total. The van der Waals surface area contributed by atoms with E-state index in [1.807, 2.05) is 13.8 Å². The zero-order valence-corrected chi connectivity index (χ0v) is 11.8. The second-order valence-electron chi connectivity index (χ2n) is 4.15. The number of sulfonamides is 1. The van der Waals surface area contributed by atoms with Crippen molar-refractivity contribution in [2.45, 2.75) is 32.6 Å². The van der Waals surface area contributed by atoms with Crippen LogP contribution >= 0.6 is 11.3 Å². The summed E-state index contributed by atoms with van der Waals surface area (Å²) in [6, 6.07) is 0. The van der Waals surface area contributed by atoms with E-state index in [1.54, 1.807) is 5.38 Å². The van der Waals surface area contributed by atoms with Crippen molar-refractivity contribution in [1.29, 1.82) is 0 Å². The number of aromatic nitrogens is 1. The van der Waals surface area contributed by atoms with Crippen LogP contribution in [0.2, 0.25) is 0 Å². The highest BCUT2D eigenvalue weighted by atomic mass is 32.2. The Labute approximate surface area is 110 Å². The first-order valence-corrected chi connectivity index (χ1v) is 8.01. The average molecular weight is 292 g/mol. The lowest BCUT2D eigenvalue weighted by Crippen LogP contribution is -2.17. The van der Waals surface area contributed by atoms with E-state index in [9.17, 15) is 13.2 Å². The second kappa shape index (κ2) is 6.14. The molecule has 0 aliphatic carbocycles. The fourth-order valence-corrected chi connectivity index (χ4v) is 3.42. The third-order valence-corrected chi connectivity index (χ3v) is 4.40. The summed E-state index contributed by atoms with van der Waals surface area (Å²) in [5.41, 5.74) is 0.836. The van der Waals surface area contributed by atoms with Crippen molar-refractivity contribution in [1.82, 2.24) is 4.98 Å². The van der Waals surface area contributed by atoms with Gasteiger partial charge in [-0.25, -0.2) is 13.4 Å². The van der Waals surface area contributed by atoms with E-state index in [4.69, 9.17) is 5.11 Å². The fraction of sp³-hybridized carbons (Fsp3) is 0.600. The average Bonchev–Trinajstić information content (AvgIpc) is 2.64. The van der Waals surface area contributed by atoms with Gasteiger partial charge in [0.15, 0.2) is 5.13 Å². The Morgan fingerprint density at radius 1 is 1.56 bits per heavy atom. The molecule has 1 rings (SSSR count). The van der Waals surface area contributed by atoms with Gasteiger partial charge in [0.1, 0.15) is 0 Å². The molecule has 0 aromatic carbocycles. The van der Waals surface area contributed by atoms with Crippen molar-refractivity contribution >= 4 is 32.5 Å². The van der Waals surface area contributed by atoms with Crippen molar-refractivity contribution in [3.63, 3.8) is 0 Å². The minimum Gasteiger partial charge on any atom is -0.481 e. The number of rotatable bonds is 7. The second-order valence-corrected chi connectivity index (χ2v) is 6.85. The predicted octanol–water partition coefficient (Wildman–Crippen LogP) is 1.87. The molecule has 0 saturated carbocycles. The molecule has 8 heteroatoms. The van der Waals surface area contributed by atoms with Gasteiger partial charge in [0.25, 0.3) is 0 Å². The van der Waals surface area contributed by atoms with Gasteiger partial charge >= 0.3 is 5.97 Å². The fourth-order valence-electron chi connectivity index (χ4n) is 1.20. The van der Waals surface area contributed by atoms with E-state index in [1.165, 1.54) is 11.3 Å². The van der Waals surface area contributed by atoms with Crippen LogP contribution in [0.25, 0.3) is 0 Å². The Hall–Kier alpha value is -1.15. The maximum Gasteiger partial charge on any atom is 0.303 e. The quantitative estimate of drug-likeness (QED) is 0.799. The van der Waals surface area contributed by atoms with Crippen LogP contribution < -0.4 is 4.72 Å². The summed E-state index contributed by atoms with van der Waals surface area (Å²) < 4.78 is 25.6. The van der Waals surface area contributed by atoms with Crippen molar-refractivity contribution in [2.75, 3.05) is 10.5 Å². The van der Waals surface area contributed by atoms with Crippen molar-refractivity contribution in [3.8, 4) is 0 Å². The van der Waals surface area contributed by atoms with Crippen molar-refractivity contribution in [2.24, 2.45) is 0 Å². The molecule has 1 aromatic rings. The van der Waals surface area contributed by atoms with Crippen LogP contribution in [0.4, 0.5) is 5.13 Å². The first kappa shape index (κ1) is 14.9. The number of anilines is 1. The molecular weight excluding hydrogens is 276 g/mol. The summed E-state index contributed by atoms with van der Waals surface area (Å²) in [5.74, 6) is -0.969. The van der Waals surface area contributed by atoms with Crippen LogP contribution in [0.5, 0.6) is 0 Å². The topological polar surface area (TPSA) is 96.4 Å². The molecule has 0 saturated heterocycles. The zero-order valence-electron chi connectivity index (χ0n) is 10.2. The van der Waals surface area contributed by atoms with Gasteiger partial charge in [0, 0.05) is 11.8 Å². The van der Waals surface area contributed by atoms with Gasteiger partial charge in [0.2, 0.25) is 10.0 Å². The molecule has 2 N–H and O–H groups in total. The highest BCUT2D eigenvalue weighted by Gasteiger charge is 2.14. The number of hydrogen-bond acceptors (Lipinski definition) is 5.